The Hall–Kier alpha value is -1.70. The summed E-state index contributed by atoms with van der Waals surface area (Å²) in [6.45, 7) is 1.22. The van der Waals surface area contributed by atoms with Crippen molar-refractivity contribution in [1.29, 1.82) is 0 Å². The van der Waals surface area contributed by atoms with E-state index in [9.17, 15) is 8.78 Å². The first-order valence-corrected chi connectivity index (χ1v) is 6.00. The molecule has 0 unspecified atom stereocenters. The average Bonchev–Trinajstić information content (AvgIpc) is 2.84. The van der Waals surface area contributed by atoms with Crippen LogP contribution in [0.25, 0.3) is 0 Å². The van der Waals surface area contributed by atoms with E-state index in [1.165, 1.54) is 12.4 Å². The fraction of sp³-hybridized carbons (Fsp3) is 0.636. The van der Waals surface area contributed by atoms with E-state index in [1.807, 2.05) is 6.92 Å². The van der Waals surface area contributed by atoms with Gasteiger partial charge in [-0.15, -0.1) is 0 Å². The number of hydrogen-bond acceptors (Lipinski definition) is 3. The molecule has 0 aliphatic heterocycles. The quantitative estimate of drug-likeness (QED) is 0.442. The van der Waals surface area contributed by atoms with Crippen molar-refractivity contribution in [3.8, 4) is 0 Å². The molecule has 2 N–H and O–H groups in total. The van der Waals surface area contributed by atoms with Gasteiger partial charge in [0.15, 0.2) is 5.96 Å². The van der Waals surface area contributed by atoms with Crippen molar-refractivity contribution in [2.45, 2.75) is 20.0 Å². The molecule has 0 spiro atoms. The minimum Gasteiger partial charge on any atom is -0.383 e. The fourth-order valence-electron chi connectivity index (χ4n) is 1.41. The van der Waals surface area contributed by atoms with E-state index in [2.05, 4.69) is 20.6 Å². The maximum absolute atomic E-state index is 12.6. The molecule has 19 heavy (non-hydrogen) atoms. The monoisotopic (exact) mass is 275 g/mol. The van der Waals surface area contributed by atoms with Gasteiger partial charge in [-0.1, -0.05) is 0 Å². The highest BCUT2D eigenvalue weighted by Gasteiger charge is 2.10. The zero-order valence-corrected chi connectivity index (χ0v) is 11.1. The number of methoxy groups -OCH3 is 1. The van der Waals surface area contributed by atoms with Gasteiger partial charge in [0.2, 0.25) is 0 Å². The van der Waals surface area contributed by atoms with Gasteiger partial charge in [0.05, 0.1) is 6.61 Å². The Morgan fingerprint density at radius 2 is 2.32 bits per heavy atom. The molecule has 1 aromatic rings. The van der Waals surface area contributed by atoms with Gasteiger partial charge in [0.1, 0.15) is 12.4 Å². The van der Waals surface area contributed by atoms with Crippen molar-refractivity contribution in [3.63, 3.8) is 0 Å². The fourth-order valence-corrected chi connectivity index (χ4v) is 1.41. The summed E-state index contributed by atoms with van der Waals surface area (Å²) in [5, 5.41) is 6.03. The first-order valence-electron chi connectivity index (χ1n) is 6.00. The lowest BCUT2D eigenvalue weighted by Gasteiger charge is -2.11. The van der Waals surface area contributed by atoms with Gasteiger partial charge in [-0.05, 0) is 6.92 Å². The van der Waals surface area contributed by atoms with E-state index in [4.69, 9.17) is 4.74 Å². The van der Waals surface area contributed by atoms with Crippen LogP contribution in [0.2, 0.25) is 0 Å². The van der Waals surface area contributed by atoms with Crippen molar-refractivity contribution >= 4 is 5.96 Å². The second kappa shape index (κ2) is 8.41. The molecule has 108 valence electrons. The van der Waals surface area contributed by atoms with Crippen LogP contribution in [0.4, 0.5) is 8.78 Å². The number of aliphatic imine (C=N–C) groups is 1. The molecule has 0 atom stereocenters. The average molecular weight is 275 g/mol. The second-order valence-electron chi connectivity index (χ2n) is 3.64. The lowest BCUT2D eigenvalue weighted by Crippen LogP contribution is -2.38. The molecular weight excluding hydrogens is 256 g/mol. The van der Waals surface area contributed by atoms with Crippen molar-refractivity contribution < 1.29 is 13.5 Å². The van der Waals surface area contributed by atoms with Crippen molar-refractivity contribution in [3.05, 3.63) is 18.2 Å². The first-order chi connectivity index (χ1) is 9.19. The van der Waals surface area contributed by atoms with Crippen molar-refractivity contribution in [1.82, 2.24) is 20.2 Å². The van der Waals surface area contributed by atoms with E-state index < -0.39 is 6.55 Å². The van der Waals surface area contributed by atoms with Gasteiger partial charge in [-0.3, -0.25) is 4.57 Å². The van der Waals surface area contributed by atoms with Crippen LogP contribution in [0.1, 0.15) is 19.3 Å². The van der Waals surface area contributed by atoms with Gasteiger partial charge in [-0.2, -0.15) is 8.78 Å². The molecule has 0 aliphatic rings. The molecule has 0 fully saturated rings. The van der Waals surface area contributed by atoms with Crippen LogP contribution in [0.15, 0.2) is 17.4 Å². The third-order valence-electron chi connectivity index (χ3n) is 2.28. The normalized spacial score (nSPS) is 11.9. The number of nitrogens with one attached hydrogen (secondary N) is 2. The Morgan fingerprint density at radius 1 is 1.53 bits per heavy atom. The maximum atomic E-state index is 12.6. The molecule has 0 aliphatic carbocycles. The van der Waals surface area contributed by atoms with Crippen molar-refractivity contribution in [2.75, 3.05) is 26.8 Å². The molecule has 6 nitrogen and oxygen atoms in total. The van der Waals surface area contributed by atoms with Gasteiger partial charge >= 0.3 is 6.55 Å². The lowest BCUT2D eigenvalue weighted by atomic mass is 10.6. The number of alkyl halides is 2. The summed E-state index contributed by atoms with van der Waals surface area (Å²) in [5.41, 5.74) is 0. The van der Waals surface area contributed by atoms with Crippen LogP contribution in [0.5, 0.6) is 0 Å². The molecule has 1 aromatic heterocycles. The predicted molar refractivity (Wildman–Crippen MR) is 68.2 cm³/mol. The first kappa shape index (κ1) is 15.4. The summed E-state index contributed by atoms with van der Waals surface area (Å²) in [7, 11) is 1.60. The SMILES string of the molecule is CCNC(=NCc1nccn1C(F)F)NCCOC. The molecule has 1 heterocycles. The number of guanidine groups is 1. The maximum Gasteiger partial charge on any atom is 0.319 e. The number of nitrogens with zero attached hydrogens (tertiary/aromatic N) is 3. The summed E-state index contributed by atoms with van der Waals surface area (Å²) < 4.78 is 30.9. The van der Waals surface area contributed by atoms with Crippen LogP contribution in [-0.4, -0.2) is 42.3 Å². The molecule has 0 saturated heterocycles. The molecule has 0 aromatic carbocycles. The Morgan fingerprint density at radius 3 is 2.95 bits per heavy atom. The Balaban J connectivity index is 2.60. The van der Waals surface area contributed by atoms with Crippen LogP contribution >= 0.6 is 0 Å². The van der Waals surface area contributed by atoms with Crippen LogP contribution < -0.4 is 10.6 Å². The highest BCUT2D eigenvalue weighted by Crippen LogP contribution is 2.12. The number of ether oxygens (including phenoxy) is 1. The molecule has 0 amide bonds. The Labute approximate surface area is 110 Å². The minimum absolute atomic E-state index is 0.0830. The summed E-state index contributed by atoms with van der Waals surface area (Å²) in [5.74, 6) is 0.766. The standard InChI is InChI=1S/C11H19F2N5O/c1-3-14-11(16-5-7-19-2)17-8-9-15-4-6-18(9)10(12)13/h4,6,10H,3,5,7-8H2,1-2H3,(H2,14,16,17). The zero-order chi connectivity index (χ0) is 14.1. The summed E-state index contributed by atoms with van der Waals surface area (Å²) in [6, 6.07) is 0. The van der Waals surface area contributed by atoms with Crippen LogP contribution in [0, 0.1) is 0 Å². The largest absolute Gasteiger partial charge is 0.383 e. The molecular formula is C11H19F2N5O. The molecule has 0 bridgehead atoms. The Kier molecular flexibility index (Phi) is 6.80. The van der Waals surface area contributed by atoms with Gasteiger partial charge in [0.25, 0.3) is 0 Å². The smallest absolute Gasteiger partial charge is 0.319 e. The van der Waals surface area contributed by atoms with Crippen LogP contribution in [0.3, 0.4) is 0 Å². The second-order valence-corrected chi connectivity index (χ2v) is 3.64. The highest BCUT2D eigenvalue weighted by molar-refractivity contribution is 5.79. The van der Waals surface area contributed by atoms with Crippen LogP contribution in [-0.2, 0) is 11.3 Å². The summed E-state index contributed by atoms with van der Waals surface area (Å²) >= 11 is 0. The number of rotatable bonds is 7. The number of hydrogen-bond donors (Lipinski definition) is 2. The zero-order valence-electron chi connectivity index (χ0n) is 11.1. The van der Waals surface area contributed by atoms with E-state index in [0.29, 0.717) is 25.7 Å². The molecule has 1 rings (SSSR count). The Bertz CT molecular complexity index is 394. The van der Waals surface area contributed by atoms with E-state index >= 15 is 0 Å². The summed E-state index contributed by atoms with van der Waals surface area (Å²) in [6.07, 6.45) is 2.57. The van der Waals surface area contributed by atoms with E-state index in [-0.39, 0.29) is 12.4 Å². The number of halogens is 2. The third kappa shape index (κ3) is 5.21. The minimum atomic E-state index is -2.60. The number of imidazole rings is 1. The highest BCUT2D eigenvalue weighted by atomic mass is 19.3. The van der Waals surface area contributed by atoms with E-state index in [1.54, 1.807) is 7.11 Å². The van der Waals surface area contributed by atoms with Crippen molar-refractivity contribution in [2.24, 2.45) is 4.99 Å². The lowest BCUT2D eigenvalue weighted by molar-refractivity contribution is 0.0671. The molecule has 8 heteroatoms. The molecule has 0 saturated carbocycles. The summed E-state index contributed by atoms with van der Waals surface area (Å²) in [4.78, 5) is 8.05. The van der Waals surface area contributed by atoms with E-state index in [0.717, 1.165) is 4.57 Å². The van der Waals surface area contributed by atoms with Gasteiger partial charge < -0.3 is 15.4 Å². The number of aromatic nitrogens is 2. The predicted octanol–water partition coefficient (Wildman–Crippen LogP) is 0.980. The topological polar surface area (TPSA) is 63.5 Å². The van der Waals surface area contributed by atoms with Gasteiger partial charge in [0, 0.05) is 32.6 Å². The molecule has 0 radical (unpaired) electrons. The van der Waals surface area contributed by atoms with Gasteiger partial charge in [-0.25, -0.2) is 9.98 Å². The third-order valence-corrected chi connectivity index (χ3v) is 2.28.